The maximum atomic E-state index is 5.60. The predicted octanol–water partition coefficient (Wildman–Crippen LogP) is 1.18. The summed E-state index contributed by atoms with van der Waals surface area (Å²) in [5.74, 6) is 1.72. The minimum Gasteiger partial charge on any atom is -0.383 e. The average Bonchev–Trinajstić information content (AvgIpc) is 3.14. The molecule has 1 saturated carbocycles. The molecule has 0 radical (unpaired) electrons. The molecule has 6 heteroatoms. The van der Waals surface area contributed by atoms with Gasteiger partial charge in [0.25, 0.3) is 0 Å². The molecule has 1 N–H and O–H groups in total. The van der Waals surface area contributed by atoms with E-state index in [1.807, 2.05) is 7.05 Å². The van der Waals surface area contributed by atoms with E-state index in [0.717, 1.165) is 38.2 Å². The number of halogens is 1. The van der Waals surface area contributed by atoms with Crippen molar-refractivity contribution in [2.45, 2.75) is 12.8 Å². The highest BCUT2D eigenvalue weighted by molar-refractivity contribution is 14.0. The average molecular weight is 371 g/mol. The second kappa shape index (κ2) is 10.8. The van der Waals surface area contributed by atoms with E-state index in [1.165, 1.54) is 12.8 Å². The second-order valence-corrected chi connectivity index (χ2v) is 4.41. The second-order valence-electron chi connectivity index (χ2n) is 4.41. The lowest BCUT2D eigenvalue weighted by Crippen LogP contribution is -2.41. The molecule has 0 spiro atoms. The van der Waals surface area contributed by atoms with Crippen LogP contribution in [0.5, 0.6) is 0 Å². The molecule has 0 unspecified atom stereocenters. The zero-order valence-corrected chi connectivity index (χ0v) is 14.0. The Morgan fingerprint density at radius 2 is 2.11 bits per heavy atom. The van der Waals surface area contributed by atoms with Gasteiger partial charge in [0.05, 0.1) is 13.2 Å². The van der Waals surface area contributed by atoms with E-state index in [1.54, 1.807) is 14.2 Å². The van der Waals surface area contributed by atoms with E-state index in [4.69, 9.17) is 9.47 Å². The Kier molecular flexibility index (Phi) is 10.8. The first kappa shape index (κ1) is 17.9. The lowest BCUT2D eigenvalue weighted by molar-refractivity contribution is 0.115. The highest BCUT2D eigenvalue weighted by Crippen LogP contribution is 2.28. The van der Waals surface area contributed by atoms with Gasteiger partial charge in [0.15, 0.2) is 5.96 Å². The predicted molar refractivity (Wildman–Crippen MR) is 84.8 cm³/mol. The van der Waals surface area contributed by atoms with E-state index in [2.05, 4.69) is 15.2 Å². The summed E-state index contributed by atoms with van der Waals surface area (Å²) in [4.78, 5) is 6.28. The third kappa shape index (κ3) is 8.10. The molecule has 0 saturated heterocycles. The van der Waals surface area contributed by atoms with Gasteiger partial charge < -0.3 is 19.7 Å². The molecule has 0 aromatic rings. The van der Waals surface area contributed by atoms with E-state index < -0.39 is 0 Å². The van der Waals surface area contributed by atoms with Gasteiger partial charge in [-0.3, -0.25) is 4.99 Å². The number of likely N-dealkylation sites (N-methyl/N-ethyl adjacent to an activating group) is 1. The van der Waals surface area contributed by atoms with Crippen LogP contribution in [0.15, 0.2) is 4.99 Å². The van der Waals surface area contributed by atoms with Gasteiger partial charge >= 0.3 is 0 Å². The monoisotopic (exact) mass is 371 g/mol. The first-order valence-corrected chi connectivity index (χ1v) is 6.26. The molecule has 1 fully saturated rings. The van der Waals surface area contributed by atoms with Crippen LogP contribution in [-0.2, 0) is 9.47 Å². The Balaban J connectivity index is 0.00000289. The third-order valence-electron chi connectivity index (χ3n) is 2.78. The quantitative estimate of drug-likeness (QED) is 0.301. The van der Waals surface area contributed by atoms with Crippen molar-refractivity contribution in [3.8, 4) is 0 Å². The minimum atomic E-state index is 0. The van der Waals surface area contributed by atoms with Crippen molar-refractivity contribution < 1.29 is 9.47 Å². The lowest BCUT2D eigenvalue weighted by atomic mass is 10.5. The first-order valence-electron chi connectivity index (χ1n) is 6.26. The number of nitrogens with zero attached hydrogens (tertiary/aromatic N) is 2. The Labute approximate surface area is 127 Å². The van der Waals surface area contributed by atoms with Crippen LogP contribution in [0, 0.1) is 5.92 Å². The topological polar surface area (TPSA) is 46.1 Å². The smallest absolute Gasteiger partial charge is 0.193 e. The Hall–Kier alpha value is -0.0800. The fourth-order valence-corrected chi connectivity index (χ4v) is 1.49. The first-order chi connectivity index (χ1) is 8.27. The number of hydrogen-bond donors (Lipinski definition) is 1. The summed E-state index contributed by atoms with van der Waals surface area (Å²) < 4.78 is 10.6. The molecule has 0 heterocycles. The van der Waals surface area contributed by atoms with Crippen molar-refractivity contribution in [2.75, 3.05) is 54.1 Å². The van der Waals surface area contributed by atoms with Gasteiger partial charge in [-0.1, -0.05) is 0 Å². The van der Waals surface area contributed by atoms with Crippen molar-refractivity contribution in [1.82, 2.24) is 10.2 Å². The maximum Gasteiger partial charge on any atom is 0.193 e. The summed E-state index contributed by atoms with van der Waals surface area (Å²) in [6.07, 6.45) is 2.69. The molecule has 1 aliphatic rings. The molecule has 5 nitrogen and oxygen atoms in total. The normalized spacial score (nSPS) is 15.2. The number of nitrogens with one attached hydrogen (secondary N) is 1. The summed E-state index contributed by atoms with van der Waals surface area (Å²) in [5.41, 5.74) is 0. The maximum absolute atomic E-state index is 5.60. The van der Waals surface area contributed by atoms with Crippen LogP contribution in [-0.4, -0.2) is 65.0 Å². The van der Waals surface area contributed by atoms with Crippen LogP contribution in [0.1, 0.15) is 12.8 Å². The number of hydrogen-bond acceptors (Lipinski definition) is 3. The Bertz CT molecular complexity index is 235. The van der Waals surface area contributed by atoms with Crippen LogP contribution in [0.2, 0.25) is 0 Å². The van der Waals surface area contributed by atoms with E-state index >= 15 is 0 Å². The minimum absolute atomic E-state index is 0. The molecule has 0 aromatic carbocycles. The van der Waals surface area contributed by atoms with E-state index in [0.29, 0.717) is 6.61 Å². The number of aliphatic imine (C=N–C) groups is 1. The molecular formula is C12H26IN3O2. The standard InChI is InChI=1S/C12H25N3O2.HI/c1-13-12(14-6-8-16-3)15(2)7-9-17-10-11-4-5-11;/h11H,4-10H2,1-3H3,(H,13,14);1H. The van der Waals surface area contributed by atoms with E-state index in [-0.39, 0.29) is 24.0 Å². The molecule has 1 aliphatic carbocycles. The van der Waals surface area contributed by atoms with Crippen molar-refractivity contribution in [3.63, 3.8) is 0 Å². The highest BCUT2D eigenvalue weighted by atomic mass is 127. The summed E-state index contributed by atoms with van der Waals surface area (Å²) in [7, 11) is 5.50. The highest BCUT2D eigenvalue weighted by Gasteiger charge is 2.21. The molecular weight excluding hydrogens is 345 g/mol. The van der Waals surface area contributed by atoms with E-state index in [9.17, 15) is 0 Å². The van der Waals surface area contributed by atoms with Crippen molar-refractivity contribution in [3.05, 3.63) is 0 Å². The SMILES string of the molecule is CN=C(NCCOC)N(C)CCOCC1CC1.I. The number of ether oxygens (including phenoxy) is 2. The van der Waals surface area contributed by atoms with Crippen molar-refractivity contribution in [1.29, 1.82) is 0 Å². The van der Waals surface area contributed by atoms with Crippen molar-refractivity contribution >= 4 is 29.9 Å². The number of methoxy groups -OCH3 is 1. The van der Waals surface area contributed by atoms with Crippen LogP contribution in [0.4, 0.5) is 0 Å². The molecule has 0 atom stereocenters. The summed E-state index contributed by atoms with van der Waals surface area (Å²) in [6, 6.07) is 0. The molecule has 0 aromatic heterocycles. The zero-order valence-electron chi connectivity index (χ0n) is 11.6. The van der Waals surface area contributed by atoms with Crippen LogP contribution >= 0.6 is 24.0 Å². The zero-order chi connectivity index (χ0) is 12.5. The fraction of sp³-hybridized carbons (Fsp3) is 0.917. The molecule has 1 rings (SSSR count). The molecule has 108 valence electrons. The van der Waals surface area contributed by atoms with Crippen LogP contribution in [0.3, 0.4) is 0 Å². The lowest BCUT2D eigenvalue weighted by Gasteiger charge is -2.21. The van der Waals surface area contributed by atoms with Gasteiger partial charge in [-0.25, -0.2) is 0 Å². The number of rotatable bonds is 8. The van der Waals surface area contributed by atoms with Gasteiger partial charge in [0.2, 0.25) is 0 Å². The van der Waals surface area contributed by atoms with Gasteiger partial charge in [0.1, 0.15) is 0 Å². The summed E-state index contributed by atoms with van der Waals surface area (Å²) >= 11 is 0. The third-order valence-corrected chi connectivity index (χ3v) is 2.78. The molecule has 18 heavy (non-hydrogen) atoms. The molecule has 0 bridgehead atoms. The summed E-state index contributed by atoms with van der Waals surface area (Å²) in [5, 5.41) is 3.23. The van der Waals surface area contributed by atoms with Gasteiger partial charge in [-0.2, -0.15) is 0 Å². The van der Waals surface area contributed by atoms with Crippen LogP contribution in [0.25, 0.3) is 0 Å². The van der Waals surface area contributed by atoms with Gasteiger partial charge in [0, 0.05) is 40.9 Å². The summed E-state index contributed by atoms with van der Waals surface area (Å²) in [6.45, 7) is 4.00. The Morgan fingerprint density at radius 1 is 1.39 bits per heavy atom. The molecule has 0 amide bonds. The van der Waals surface area contributed by atoms with Gasteiger partial charge in [-0.05, 0) is 18.8 Å². The Morgan fingerprint density at radius 3 is 2.67 bits per heavy atom. The van der Waals surface area contributed by atoms with Gasteiger partial charge in [-0.15, -0.1) is 24.0 Å². The van der Waals surface area contributed by atoms with Crippen molar-refractivity contribution in [2.24, 2.45) is 10.9 Å². The fourth-order valence-electron chi connectivity index (χ4n) is 1.49. The van der Waals surface area contributed by atoms with Crippen LogP contribution < -0.4 is 5.32 Å². The largest absolute Gasteiger partial charge is 0.383 e. The molecule has 0 aliphatic heterocycles. The number of guanidine groups is 1.